The van der Waals surface area contributed by atoms with Crippen LogP contribution in [0, 0.1) is 10.9 Å². The van der Waals surface area contributed by atoms with Gasteiger partial charge in [0.2, 0.25) is 5.95 Å². The van der Waals surface area contributed by atoms with Crippen molar-refractivity contribution in [2.45, 2.75) is 13.0 Å². The van der Waals surface area contributed by atoms with E-state index in [0.29, 0.717) is 35.8 Å². The first kappa shape index (κ1) is 18.4. The lowest BCUT2D eigenvalue weighted by atomic mass is 10.2. The van der Waals surface area contributed by atoms with Gasteiger partial charge in [0.25, 0.3) is 0 Å². The Labute approximate surface area is 174 Å². The number of nitrogens with zero attached hydrogens (tertiary/aromatic N) is 8. The highest BCUT2D eigenvalue weighted by Crippen LogP contribution is 2.22. The monoisotopic (exact) mass is 415 g/mol. The van der Waals surface area contributed by atoms with Crippen molar-refractivity contribution in [1.29, 1.82) is 10.9 Å². The van der Waals surface area contributed by atoms with Crippen molar-refractivity contribution in [3.05, 3.63) is 54.1 Å². The number of nitrogens with two attached hydrogens (primary N) is 1. The van der Waals surface area contributed by atoms with Gasteiger partial charge < -0.3 is 10.7 Å². The highest BCUT2D eigenvalue weighted by molar-refractivity contribution is 5.94. The Balaban J connectivity index is 1.42. The number of aromatic nitrogens is 8. The van der Waals surface area contributed by atoms with Crippen molar-refractivity contribution >= 4 is 28.5 Å². The van der Waals surface area contributed by atoms with E-state index in [4.69, 9.17) is 16.7 Å². The zero-order valence-corrected chi connectivity index (χ0v) is 16.1. The van der Waals surface area contributed by atoms with Crippen LogP contribution in [0.1, 0.15) is 11.3 Å². The molecule has 0 aliphatic rings. The number of anilines is 1. The van der Waals surface area contributed by atoms with Crippen molar-refractivity contribution in [3.8, 4) is 11.5 Å². The van der Waals surface area contributed by atoms with Gasteiger partial charge in [-0.3, -0.25) is 10.4 Å². The Hall–Kier alpha value is -4.68. The molecule has 0 fully saturated rings. The Kier molecular flexibility index (Phi) is 4.32. The molecule has 0 radical (unpaired) electrons. The second kappa shape index (κ2) is 7.29. The molecule has 154 valence electrons. The molecule has 0 saturated heterocycles. The SMILES string of the molecule is N=NNC(=N)c1ccc(CCn2ncc3c2nc(N)n2nc(-c4ccc[nH]4)nc32)cn1. The second-order valence-corrected chi connectivity index (χ2v) is 6.73. The summed E-state index contributed by atoms with van der Waals surface area (Å²) >= 11 is 0. The molecular weight excluding hydrogens is 398 g/mol. The van der Waals surface area contributed by atoms with Gasteiger partial charge in [0, 0.05) is 18.9 Å². The molecule has 0 bridgehead atoms. The molecule has 0 unspecified atom stereocenters. The highest BCUT2D eigenvalue weighted by Gasteiger charge is 2.16. The van der Waals surface area contributed by atoms with Crippen LogP contribution in [0.15, 0.2) is 48.1 Å². The van der Waals surface area contributed by atoms with Crippen molar-refractivity contribution < 1.29 is 0 Å². The molecule has 5 rings (SSSR count). The summed E-state index contributed by atoms with van der Waals surface area (Å²) in [5.74, 6) is 0.727. The van der Waals surface area contributed by atoms with E-state index in [1.165, 1.54) is 4.52 Å². The third-order valence-corrected chi connectivity index (χ3v) is 4.80. The lowest BCUT2D eigenvalue weighted by molar-refractivity contribution is 0.628. The van der Waals surface area contributed by atoms with Gasteiger partial charge in [-0.2, -0.15) is 20.1 Å². The Bertz CT molecular complexity index is 1390. The molecule has 31 heavy (non-hydrogen) atoms. The van der Waals surface area contributed by atoms with E-state index in [0.717, 1.165) is 16.6 Å². The van der Waals surface area contributed by atoms with Gasteiger partial charge in [-0.05, 0) is 30.2 Å². The second-order valence-electron chi connectivity index (χ2n) is 6.73. The van der Waals surface area contributed by atoms with E-state index < -0.39 is 0 Å². The molecule has 5 aromatic rings. The Morgan fingerprint density at radius 1 is 1.19 bits per heavy atom. The van der Waals surface area contributed by atoms with E-state index >= 15 is 0 Å². The van der Waals surface area contributed by atoms with E-state index in [1.54, 1.807) is 23.1 Å². The van der Waals surface area contributed by atoms with Gasteiger partial charge in [0.15, 0.2) is 23.0 Å². The number of pyridine rings is 1. The molecular formula is C18H17N13. The molecule has 0 aliphatic heterocycles. The quantitative estimate of drug-likeness (QED) is 0.120. The summed E-state index contributed by atoms with van der Waals surface area (Å²) in [6, 6.07) is 7.34. The molecule has 5 heterocycles. The zero-order valence-electron chi connectivity index (χ0n) is 16.1. The van der Waals surface area contributed by atoms with E-state index in [-0.39, 0.29) is 11.8 Å². The molecule has 13 heteroatoms. The van der Waals surface area contributed by atoms with Gasteiger partial charge in [0.05, 0.1) is 17.3 Å². The number of rotatable bonds is 6. The largest absolute Gasteiger partial charge is 0.368 e. The predicted molar refractivity (Wildman–Crippen MR) is 111 cm³/mol. The van der Waals surface area contributed by atoms with Gasteiger partial charge in [-0.15, -0.1) is 5.10 Å². The first-order chi connectivity index (χ1) is 15.1. The van der Waals surface area contributed by atoms with E-state index in [2.05, 4.69) is 40.8 Å². The van der Waals surface area contributed by atoms with Gasteiger partial charge in [-0.25, -0.2) is 15.1 Å². The minimum absolute atomic E-state index is 0.0321. The standard InChI is InChI=1S/C18H17N13/c19-14(27-29-21)12-4-3-10(8-23-12)5-7-30-16-11(9-24-30)17-25-15(13-2-1-6-22-13)28-31(17)18(20)26-16/h1-4,6,8-9,22H,5,7H2,(H2,20,26)(H3,19,21,27). The number of hydrogen-bond acceptors (Lipinski definition) is 9. The highest BCUT2D eigenvalue weighted by atomic mass is 15.4. The van der Waals surface area contributed by atoms with E-state index in [1.807, 2.05) is 24.4 Å². The maximum absolute atomic E-state index is 7.70. The first-order valence-electron chi connectivity index (χ1n) is 9.32. The van der Waals surface area contributed by atoms with Crippen LogP contribution < -0.4 is 11.2 Å². The lowest BCUT2D eigenvalue weighted by Gasteiger charge is -2.06. The zero-order chi connectivity index (χ0) is 21.4. The number of aromatic amines is 1. The summed E-state index contributed by atoms with van der Waals surface area (Å²) in [4.78, 5) is 16.4. The van der Waals surface area contributed by atoms with Crippen LogP contribution in [0.4, 0.5) is 5.95 Å². The molecule has 0 aromatic carbocycles. The maximum atomic E-state index is 7.70. The van der Waals surface area contributed by atoms with Gasteiger partial charge >= 0.3 is 0 Å². The normalized spacial score (nSPS) is 11.2. The molecule has 0 amide bonds. The van der Waals surface area contributed by atoms with Crippen LogP contribution in [0.25, 0.3) is 28.2 Å². The summed E-state index contributed by atoms with van der Waals surface area (Å²) in [6.45, 7) is 0.558. The number of fused-ring (bicyclic) bond motifs is 3. The fraction of sp³-hybridized carbons (Fsp3) is 0.111. The predicted octanol–water partition coefficient (Wildman–Crippen LogP) is 1.55. The van der Waals surface area contributed by atoms with Crippen LogP contribution in [-0.2, 0) is 13.0 Å². The van der Waals surface area contributed by atoms with E-state index in [9.17, 15) is 0 Å². The average Bonchev–Trinajstić information content (AvgIpc) is 3.52. The number of nitrogen functional groups attached to an aromatic ring is 1. The molecule has 0 aliphatic carbocycles. The van der Waals surface area contributed by atoms with Gasteiger partial charge in [-0.1, -0.05) is 11.3 Å². The number of H-pyrrole nitrogens is 1. The fourth-order valence-electron chi connectivity index (χ4n) is 3.27. The maximum Gasteiger partial charge on any atom is 0.225 e. The smallest absolute Gasteiger partial charge is 0.225 e. The number of hydrogen-bond donors (Lipinski definition) is 5. The van der Waals surface area contributed by atoms with Crippen molar-refractivity contribution in [3.63, 3.8) is 0 Å². The van der Waals surface area contributed by atoms with Crippen LogP contribution >= 0.6 is 0 Å². The average molecular weight is 415 g/mol. The third kappa shape index (κ3) is 3.23. The molecule has 13 nitrogen and oxygen atoms in total. The van der Waals surface area contributed by atoms with Crippen LogP contribution in [0.2, 0.25) is 0 Å². The van der Waals surface area contributed by atoms with Crippen molar-refractivity contribution in [2.24, 2.45) is 5.22 Å². The van der Waals surface area contributed by atoms with Crippen molar-refractivity contribution in [1.82, 2.24) is 44.8 Å². The summed E-state index contributed by atoms with van der Waals surface area (Å²) in [5.41, 5.74) is 18.5. The topological polar surface area (TPSA) is 188 Å². The van der Waals surface area contributed by atoms with Crippen LogP contribution in [0.5, 0.6) is 0 Å². The lowest BCUT2D eigenvalue weighted by Crippen LogP contribution is -2.17. The Morgan fingerprint density at radius 2 is 2.10 bits per heavy atom. The fourth-order valence-corrected chi connectivity index (χ4v) is 3.27. The number of aryl methyl sites for hydroxylation is 2. The molecule has 0 spiro atoms. The van der Waals surface area contributed by atoms with Crippen LogP contribution in [-0.4, -0.2) is 45.2 Å². The van der Waals surface area contributed by atoms with Gasteiger partial charge in [0.1, 0.15) is 5.69 Å². The Morgan fingerprint density at radius 3 is 2.84 bits per heavy atom. The molecule has 0 atom stereocenters. The molecule has 0 saturated carbocycles. The number of amidine groups is 1. The summed E-state index contributed by atoms with van der Waals surface area (Å²) in [6.07, 6.45) is 5.86. The summed E-state index contributed by atoms with van der Waals surface area (Å²) < 4.78 is 3.28. The van der Waals surface area contributed by atoms with Crippen molar-refractivity contribution in [2.75, 3.05) is 5.73 Å². The first-order valence-corrected chi connectivity index (χ1v) is 9.32. The minimum atomic E-state index is -0.0321. The molecule has 5 aromatic heterocycles. The summed E-state index contributed by atoms with van der Waals surface area (Å²) in [5, 5.41) is 20.3. The number of nitrogens with one attached hydrogen (secondary N) is 4. The summed E-state index contributed by atoms with van der Waals surface area (Å²) in [7, 11) is 0. The minimum Gasteiger partial charge on any atom is -0.368 e. The van der Waals surface area contributed by atoms with Crippen LogP contribution in [0.3, 0.4) is 0 Å². The molecule has 6 N–H and O–H groups in total. The third-order valence-electron chi connectivity index (χ3n) is 4.80.